The van der Waals surface area contributed by atoms with E-state index in [0.717, 1.165) is 0 Å². The summed E-state index contributed by atoms with van der Waals surface area (Å²) in [6.07, 6.45) is 0. The molecule has 0 rings (SSSR count). The van der Waals surface area contributed by atoms with Crippen molar-refractivity contribution in [1.29, 1.82) is 0 Å². The molecule has 0 fully saturated rings. The molecule has 0 saturated carbocycles. The SMILES string of the molecule is O=S(=O)([O-])[O-].O=[Si]([O-])[O-].[Na+].[Na+].[Na+].[Na+]. The van der Waals surface area contributed by atoms with Crippen LogP contribution in [0.15, 0.2) is 0 Å². The van der Waals surface area contributed by atoms with Gasteiger partial charge in [0.25, 0.3) is 0 Å². The maximum atomic E-state index is 8.52. The van der Waals surface area contributed by atoms with Gasteiger partial charge < -0.3 is 23.2 Å². The molecule has 0 amide bonds. The van der Waals surface area contributed by atoms with Crippen LogP contribution in [0.5, 0.6) is 0 Å². The van der Waals surface area contributed by atoms with Crippen LogP contribution in [0.1, 0.15) is 0 Å². The summed E-state index contributed by atoms with van der Waals surface area (Å²) in [5.74, 6) is 0. The number of hydrogen-bond acceptors (Lipinski definition) is 7. The van der Waals surface area contributed by atoms with Crippen LogP contribution in [0.3, 0.4) is 0 Å². The van der Waals surface area contributed by atoms with Crippen LogP contribution >= 0.6 is 0 Å². The van der Waals surface area contributed by atoms with Crippen molar-refractivity contribution in [2.45, 2.75) is 0 Å². The molecule has 0 unspecified atom stereocenters. The third-order valence-electron chi connectivity index (χ3n) is 0. The Kier molecular flexibility index (Phi) is 57.7. The summed E-state index contributed by atoms with van der Waals surface area (Å²) >= 11 is 0. The zero-order valence-corrected chi connectivity index (χ0v) is 17.6. The fraction of sp³-hybridized carbons (Fsp3) is 0. The van der Waals surface area contributed by atoms with E-state index in [-0.39, 0.29) is 118 Å². The molecule has 13 heteroatoms. The van der Waals surface area contributed by atoms with Crippen molar-refractivity contribution < 1.29 is 150 Å². The normalized spacial score (nSPS) is 6.31. The van der Waals surface area contributed by atoms with Gasteiger partial charge in [-0.2, -0.15) is 0 Å². The van der Waals surface area contributed by atoms with E-state index >= 15 is 0 Å². The molecule has 56 valence electrons. The van der Waals surface area contributed by atoms with Gasteiger partial charge in [-0.3, -0.25) is 8.42 Å². The Labute approximate surface area is 166 Å². The van der Waals surface area contributed by atoms with E-state index in [1.807, 2.05) is 0 Å². The number of rotatable bonds is 0. The van der Waals surface area contributed by atoms with Crippen LogP contribution in [0, 0.1) is 0 Å². The standard InChI is InChI=1S/4Na.H2O4S.O3Si/c;;;;1-5(2,3)4;1-4(2)3/h;;;;(H2,1,2,3,4);/q4*+1;;-2/p-2. The molecule has 0 heterocycles. The molecule has 7 nitrogen and oxygen atoms in total. The third kappa shape index (κ3) is 232. The molecular weight excluding hydrogens is 264 g/mol. The maximum absolute atomic E-state index is 8.52. The summed E-state index contributed by atoms with van der Waals surface area (Å²) in [6, 6.07) is 0. The fourth-order valence-electron chi connectivity index (χ4n) is 0. The first kappa shape index (κ1) is 36.0. The van der Waals surface area contributed by atoms with Gasteiger partial charge in [0.15, 0.2) is 0 Å². The second-order valence-corrected chi connectivity index (χ2v) is 1.97. The second-order valence-electron chi connectivity index (χ2n) is 0.658. The van der Waals surface area contributed by atoms with Gasteiger partial charge in [-0.05, 0) is 0 Å². The quantitative estimate of drug-likeness (QED) is 0.240. The topological polar surface area (TPSA) is 143 Å². The summed E-state index contributed by atoms with van der Waals surface area (Å²) in [5.41, 5.74) is 0. The van der Waals surface area contributed by atoms with Crippen molar-refractivity contribution in [3.05, 3.63) is 0 Å². The largest absolute Gasteiger partial charge is 1.00 e. The molecular formula is Na4O7SSi. The first-order valence-corrected chi connectivity index (χ1v) is 3.84. The van der Waals surface area contributed by atoms with E-state index in [0.29, 0.717) is 0 Å². The predicted molar refractivity (Wildman–Crippen MR) is 16.9 cm³/mol. The van der Waals surface area contributed by atoms with E-state index in [1.54, 1.807) is 0 Å². The van der Waals surface area contributed by atoms with Gasteiger partial charge in [0.05, 0.1) is 0 Å². The van der Waals surface area contributed by atoms with Gasteiger partial charge in [0.1, 0.15) is 0 Å². The van der Waals surface area contributed by atoms with Crippen LogP contribution in [-0.2, 0) is 14.9 Å². The molecule has 0 spiro atoms. The van der Waals surface area contributed by atoms with Crippen molar-refractivity contribution in [3.8, 4) is 0 Å². The van der Waals surface area contributed by atoms with Gasteiger partial charge in [0, 0.05) is 19.6 Å². The molecule has 0 aromatic rings. The second kappa shape index (κ2) is 20.8. The monoisotopic (exact) mass is 264 g/mol. The molecule has 13 heavy (non-hydrogen) atoms. The maximum Gasteiger partial charge on any atom is 1.00 e. The van der Waals surface area contributed by atoms with E-state index in [1.165, 1.54) is 0 Å². The van der Waals surface area contributed by atoms with Crippen LogP contribution in [0.4, 0.5) is 0 Å². The summed E-state index contributed by atoms with van der Waals surface area (Å²) in [7, 11) is -8.80. The molecule has 0 N–H and O–H groups in total. The van der Waals surface area contributed by atoms with E-state index in [4.69, 9.17) is 31.6 Å². The molecule has 0 radical (unpaired) electrons. The van der Waals surface area contributed by atoms with Crippen LogP contribution in [-0.4, -0.2) is 26.7 Å². The van der Waals surface area contributed by atoms with Gasteiger partial charge in [0.2, 0.25) is 0 Å². The Hall–Kier alpha value is 3.49. The molecule has 0 atom stereocenters. The van der Waals surface area contributed by atoms with Crippen LogP contribution in [0.25, 0.3) is 0 Å². The Morgan fingerprint density at radius 2 is 0.846 bits per heavy atom. The summed E-state index contributed by atoms with van der Waals surface area (Å²) in [6.45, 7) is 0. The summed E-state index contributed by atoms with van der Waals surface area (Å²) in [4.78, 5) is 17.0. The molecule has 0 aliphatic carbocycles. The Bertz CT molecular complexity index is 163. The average molecular weight is 264 g/mol. The first-order valence-electron chi connectivity index (χ1n) is 1.28. The summed E-state index contributed by atoms with van der Waals surface area (Å²) < 4.78 is 42.6. The van der Waals surface area contributed by atoms with E-state index in [2.05, 4.69) is 0 Å². The van der Waals surface area contributed by atoms with E-state index in [9.17, 15) is 0 Å². The minimum Gasteiger partial charge on any atom is -0.759 e. The smallest absolute Gasteiger partial charge is 0.759 e. The molecule has 0 saturated heterocycles. The Morgan fingerprint density at radius 1 is 0.846 bits per heavy atom. The molecule has 0 aliphatic heterocycles. The fourth-order valence-corrected chi connectivity index (χ4v) is 0. The molecule has 0 bridgehead atoms. The zero-order chi connectivity index (χ0) is 8.08. The Morgan fingerprint density at radius 3 is 0.846 bits per heavy atom. The third-order valence-corrected chi connectivity index (χ3v) is 0. The molecule has 0 aliphatic rings. The zero-order valence-electron chi connectivity index (χ0n) is 7.77. The molecule has 0 aromatic carbocycles. The van der Waals surface area contributed by atoms with Crippen molar-refractivity contribution in [2.75, 3.05) is 0 Å². The van der Waals surface area contributed by atoms with Crippen molar-refractivity contribution in [2.24, 2.45) is 0 Å². The van der Waals surface area contributed by atoms with Crippen LogP contribution in [0.2, 0.25) is 0 Å². The Balaban J connectivity index is -0.0000000146. The summed E-state index contributed by atoms with van der Waals surface area (Å²) in [5, 5.41) is 0. The minimum atomic E-state index is -5.17. The van der Waals surface area contributed by atoms with Crippen LogP contribution < -0.4 is 128 Å². The van der Waals surface area contributed by atoms with Crippen molar-refractivity contribution in [1.82, 2.24) is 0 Å². The number of hydrogen-bond donors (Lipinski definition) is 0. The van der Waals surface area contributed by atoms with Gasteiger partial charge in [-0.25, -0.2) is 0 Å². The van der Waals surface area contributed by atoms with Gasteiger partial charge in [-0.15, -0.1) is 0 Å². The van der Waals surface area contributed by atoms with Gasteiger partial charge in [-0.1, -0.05) is 0 Å². The average Bonchev–Trinajstić information content (AvgIpc) is 1.19. The van der Waals surface area contributed by atoms with Gasteiger partial charge >= 0.3 is 118 Å². The minimum absolute atomic E-state index is 0. The van der Waals surface area contributed by atoms with E-state index < -0.39 is 19.6 Å². The molecule has 0 aromatic heterocycles. The van der Waals surface area contributed by atoms with Crippen molar-refractivity contribution >= 4 is 19.6 Å². The van der Waals surface area contributed by atoms with Crippen molar-refractivity contribution in [3.63, 3.8) is 0 Å². The predicted octanol–water partition coefficient (Wildman–Crippen LogP) is -16.2. The first-order chi connectivity index (χ1) is 3.73.